The summed E-state index contributed by atoms with van der Waals surface area (Å²) in [5.41, 5.74) is 8.65. The van der Waals surface area contributed by atoms with Gasteiger partial charge < -0.3 is 10.6 Å². The quantitative estimate of drug-likeness (QED) is 0.834. The predicted octanol–water partition coefficient (Wildman–Crippen LogP) is 2.74. The van der Waals surface area contributed by atoms with Crippen molar-refractivity contribution in [2.75, 3.05) is 17.7 Å². The highest BCUT2D eigenvalue weighted by Gasteiger charge is 2.04. The molecular weight excluding hydrogens is 198 g/mol. The maximum atomic E-state index is 5.61. The van der Waals surface area contributed by atoms with E-state index in [1.54, 1.807) is 6.20 Å². The van der Waals surface area contributed by atoms with E-state index < -0.39 is 0 Å². The first-order valence-electron chi connectivity index (χ1n) is 5.19. The lowest BCUT2D eigenvalue weighted by molar-refractivity contribution is 1.13. The van der Waals surface area contributed by atoms with E-state index in [0.717, 1.165) is 11.5 Å². The van der Waals surface area contributed by atoms with E-state index in [4.69, 9.17) is 5.73 Å². The second kappa shape index (κ2) is 4.23. The molecule has 1 aromatic carbocycles. The van der Waals surface area contributed by atoms with E-state index in [1.807, 2.05) is 30.1 Å². The maximum Gasteiger partial charge on any atom is 0.132 e. The van der Waals surface area contributed by atoms with Crippen molar-refractivity contribution in [2.24, 2.45) is 0 Å². The molecule has 0 fully saturated rings. The van der Waals surface area contributed by atoms with Crippen molar-refractivity contribution < 1.29 is 0 Å². The highest BCUT2D eigenvalue weighted by Crippen LogP contribution is 2.22. The molecule has 0 radical (unpaired) electrons. The average molecular weight is 213 g/mol. The standard InChI is InChI=1S/C13H15N3/c1-10-4-3-5-12(8-10)16(2)13-7-6-11(14)9-15-13/h3-9H,14H2,1-2H3. The van der Waals surface area contributed by atoms with Crippen molar-refractivity contribution in [3.05, 3.63) is 48.2 Å². The number of benzene rings is 1. The number of hydrogen-bond acceptors (Lipinski definition) is 3. The molecular formula is C13H15N3. The molecule has 2 aromatic rings. The number of nitrogens with zero attached hydrogens (tertiary/aromatic N) is 2. The van der Waals surface area contributed by atoms with Crippen LogP contribution < -0.4 is 10.6 Å². The molecule has 0 saturated carbocycles. The first-order chi connectivity index (χ1) is 7.66. The van der Waals surface area contributed by atoms with Crippen LogP contribution in [0.1, 0.15) is 5.56 Å². The number of nitrogens with two attached hydrogens (primary N) is 1. The van der Waals surface area contributed by atoms with Crippen LogP contribution in [0.3, 0.4) is 0 Å². The van der Waals surface area contributed by atoms with Crippen molar-refractivity contribution >= 4 is 17.2 Å². The van der Waals surface area contributed by atoms with Gasteiger partial charge in [0, 0.05) is 12.7 Å². The Balaban J connectivity index is 2.31. The Bertz CT molecular complexity index is 477. The highest BCUT2D eigenvalue weighted by atomic mass is 15.2. The summed E-state index contributed by atoms with van der Waals surface area (Å²) in [7, 11) is 1.99. The summed E-state index contributed by atoms with van der Waals surface area (Å²) in [5.74, 6) is 0.889. The Hall–Kier alpha value is -2.03. The predicted molar refractivity (Wildman–Crippen MR) is 67.9 cm³/mol. The van der Waals surface area contributed by atoms with Crippen LogP contribution in [0, 0.1) is 6.92 Å². The van der Waals surface area contributed by atoms with E-state index >= 15 is 0 Å². The second-order valence-electron chi connectivity index (χ2n) is 3.85. The molecule has 0 aliphatic heterocycles. The van der Waals surface area contributed by atoms with E-state index in [1.165, 1.54) is 5.56 Å². The summed E-state index contributed by atoms with van der Waals surface area (Å²) >= 11 is 0. The fourth-order valence-corrected chi connectivity index (χ4v) is 1.56. The molecule has 0 aliphatic carbocycles. The largest absolute Gasteiger partial charge is 0.397 e. The van der Waals surface area contributed by atoms with Gasteiger partial charge in [0.15, 0.2) is 0 Å². The van der Waals surface area contributed by atoms with Gasteiger partial charge in [0.05, 0.1) is 11.9 Å². The molecule has 1 aromatic heterocycles. The number of hydrogen-bond donors (Lipinski definition) is 1. The Morgan fingerprint density at radius 3 is 2.62 bits per heavy atom. The summed E-state index contributed by atoms with van der Waals surface area (Å²) in [4.78, 5) is 6.32. The van der Waals surface area contributed by atoms with Gasteiger partial charge in [-0.15, -0.1) is 0 Å². The first kappa shape index (κ1) is 10.5. The van der Waals surface area contributed by atoms with E-state index in [9.17, 15) is 0 Å². The molecule has 82 valence electrons. The lowest BCUT2D eigenvalue weighted by atomic mass is 10.2. The minimum absolute atomic E-state index is 0.682. The summed E-state index contributed by atoms with van der Waals surface area (Å²) in [6, 6.07) is 12.1. The number of anilines is 3. The fourth-order valence-electron chi connectivity index (χ4n) is 1.56. The van der Waals surface area contributed by atoms with Crippen molar-refractivity contribution in [2.45, 2.75) is 6.92 Å². The molecule has 0 atom stereocenters. The monoisotopic (exact) mass is 213 g/mol. The van der Waals surface area contributed by atoms with Crippen LogP contribution in [-0.2, 0) is 0 Å². The average Bonchev–Trinajstić information content (AvgIpc) is 2.29. The topological polar surface area (TPSA) is 42.1 Å². The molecule has 0 saturated heterocycles. The summed E-state index contributed by atoms with van der Waals surface area (Å²) in [6.07, 6.45) is 1.67. The maximum absolute atomic E-state index is 5.61. The van der Waals surface area contributed by atoms with Gasteiger partial charge in [-0.25, -0.2) is 4.98 Å². The number of aryl methyl sites for hydroxylation is 1. The van der Waals surface area contributed by atoms with Gasteiger partial charge in [0.1, 0.15) is 5.82 Å². The summed E-state index contributed by atoms with van der Waals surface area (Å²) in [6.45, 7) is 2.08. The molecule has 2 N–H and O–H groups in total. The molecule has 0 amide bonds. The molecule has 0 bridgehead atoms. The second-order valence-corrected chi connectivity index (χ2v) is 3.85. The third kappa shape index (κ3) is 2.14. The molecule has 3 heteroatoms. The van der Waals surface area contributed by atoms with Gasteiger partial charge in [0.2, 0.25) is 0 Å². The normalized spacial score (nSPS) is 10.1. The van der Waals surface area contributed by atoms with E-state index in [-0.39, 0.29) is 0 Å². The minimum atomic E-state index is 0.682. The zero-order valence-corrected chi connectivity index (χ0v) is 9.51. The number of rotatable bonds is 2. The third-order valence-corrected chi connectivity index (χ3v) is 2.50. The molecule has 0 aliphatic rings. The fraction of sp³-hybridized carbons (Fsp3) is 0.154. The smallest absolute Gasteiger partial charge is 0.132 e. The molecule has 2 rings (SSSR count). The Labute approximate surface area is 95.5 Å². The van der Waals surface area contributed by atoms with Gasteiger partial charge in [0.25, 0.3) is 0 Å². The Morgan fingerprint density at radius 1 is 1.19 bits per heavy atom. The summed E-state index contributed by atoms with van der Waals surface area (Å²) < 4.78 is 0. The minimum Gasteiger partial charge on any atom is -0.397 e. The molecule has 0 spiro atoms. The van der Waals surface area contributed by atoms with Gasteiger partial charge >= 0.3 is 0 Å². The molecule has 1 heterocycles. The van der Waals surface area contributed by atoms with Crippen molar-refractivity contribution in [3.63, 3.8) is 0 Å². The van der Waals surface area contributed by atoms with Gasteiger partial charge in [-0.2, -0.15) is 0 Å². The van der Waals surface area contributed by atoms with Crippen LogP contribution in [0.5, 0.6) is 0 Å². The lowest BCUT2D eigenvalue weighted by Crippen LogP contribution is -2.11. The van der Waals surface area contributed by atoms with Gasteiger partial charge in [-0.1, -0.05) is 12.1 Å². The number of pyridine rings is 1. The third-order valence-electron chi connectivity index (χ3n) is 2.50. The first-order valence-corrected chi connectivity index (χ1v) is 5.19. The van der Waals surface area contributed by atoms with Crippen molar-refractivity contribution in [1.82, 2.24) is 4.98 Å². The van der Waals surface area contributed by atoms with Crippen LogP contribution >= 0.6 is 0 Å². The number of aromatic nitrogens is 1. The molecule has 16 heavy (non-hydrogen) atoms. The molecule has 3 nitrogen and oxygen atoms in total. The summed E-state index contributed by atoms with van der Waals surface area (Å²) in [5, 5.41) is 0. The lowest BCUT2D eigenvalue weighted by Gasteiger charge is -2.18. The Morgan fingerprint density at radius 2 is 2.00 bits per heavy atom. The van der Waals surface area contributed by atoms with E-state index in [2.05, 4.69) is 30.1 Å². The SMILES string of the molecule is Cc1cccc(N(C)c2ccc(N)cn2)c1. The van der Waals surface area contributed by atoms with Crippen LogP contribution in [0.2, 0.25) is 0 Å². The Kier molecular flexibility index (Phi) is 2.77. The van der Waals surface area contributed by atoms with E-state index in [0.29, 0.717) is 5.69 Å². The van der Waals surface area contributed by atoms with Crippen molar-refractivity contribution in [1.29, 1.82) is 0 Å². The van der Waals surface area contributed by atoms with Crippen LogP contribution in [0.25, 0.3) is 0 Å². The van der Waals surface area contributed by atoms with Gasteiger partial charge in [-0.05, 0) is 36.8 Å². The van der Waals surface area contributed by atoms with Crippen molar-refractivity contribution in [3.8, 4) is 0 Å². The zero-order chi connectivity index (χ0) is 11.5. The highest BCUT2D eigenvalue weighted by molar-refractivity contribution is 5.60. The van der Waals surface area contributed by atoms with Crippen LogP contribution in [0.15, 0.2) is 42.6 Å². The van der Waals surface area contributed by atoms with Crippen LogP contribution in [-0.4, -0.2) is 12.0 Å². The molecule has 0 unspecified atom stereocenters. The van der Waals surface area contributed by atoms with Crippen LogP contribution in [0.4, 0.5) is 17.2 Å². The van der Waals surface area contributed by atoms with Gasteiger partial charge in [-0.3, -0.25) is 0 Å². The number of nitrogen functional groups attached to an aromatic ring is 1. The zero-order valence-electron chi connectivity index (χ0n) is 9.51.